The Bertz CT molecular complexity index is 839. The van der Waals surface area contributed by atoms with Crippen LogP contribution in [0, 0.1) is 6.92 Å². The molecule has 0 saturated carbocycles. The second-order valence-electron chi connectivity index (χ2n) is 4.23. The number of hydrogen-bond acceptors (Lipinski definition) is 4. The number of hydrogen-bond donors (Lipinski definition) is 0. The molecule has 0 fully saturated rings. The molecule has 0 bridgehead atoms. The highest BCUT2D eigenvalue weighted by Gasteiger charge is 2.19. The van der Waals surface area contributed by atoms with E-state index in [-0.39, 0.29) is 4.90 Å². The van der Waals surface area contributed by atoms with Crippen molar-refractivity contribution in [2.45, 2.75) is 11.8 Å². The Labute approximate surface area is 110 Å². The van der Waals surface area contributed by atoms with Crippen LogP contribution >= 0.6 is 0 Å². The minimum absolute atomic E-state index is 0.149. The topological polar surface area (TPSA) is 64.8 Å². The van der Waals surface area contributed by atoms with Crippen LogP contribution < -0.4 is 0 Å². The quantitative estimate of drug-likeness (QED) is 0.716. The van der Waals surface area contributed by atoms with Crippen LogP contribution in [0.5, 0.6) is 0 Å². The summed E-state index contributed by atoms with van der Waals surface area (Å²) in [4.78, 5) is 8.11. The van der Waals surface area contributed by atoms with Crippen LogP contribution in [-0.2, 0) is 10.0 Å². The van der Waals surface area contributed by atoms with Crippen LogP contribution in [-0.4, -0.2) is 22.4 Å². The molecule has 2 aromatic heterocycles. The molecule has 0 saturated heterocycles. The number of fused-ring (bicyclic) bond motifs is 1. The summed E-state index contributed by atoms with van der Waals surface area (Å²) in [5, 5.41) is 0. The van der Waals surface area contributed by atoms with Crippen LogP contribution in [0.3, 0.4) is 0 Å². The third-order valence-electron chi connectivity index (χ3n) is 2.86. The molecule has 1 aromatic carbocycles. The third-order valence-corrected chi connectivity index (χ3v) is 4.51. The van der Waals surface area contributed by atoms with Crippen LogP contribution in [0.2, 0.25) is 0 Å². The van der Waals surface area contributed by atoms with Crippen molar-refractivity contribution in [3.63, 3.8) is 0 Å². The number of imidazole rings is 1. The van der Waals surface area contributed by atoms with Gasteiger partial charge in [0.2, 0.25) is 0 Å². The summed E-state index contributed by atoms with van der Waals surface area (Å²) in [5.74, 6) is 0. The summed E-state index contributed by atoms with van der Waals surface area (Å²) in [6, 6.07) is 8.62. The first kappa shape index (κ1) is 11.9. The molecule has 0 aliphatic heterocycles. The summed E-state index contributed by atoms with van der Waals surface area (Å²) >= 11 is 0. The number of benzene rings is 1. The predicted molar refractivity (Wildman–Crippen MR) is 71.3 cm³/mol. The fraction of sp³-hybridized carbons (Fsp3) is 0.0769. The van der Waals surface area contributed by atoms with Crippen LogP contribution in [0.1, 0.15) is 5.56 Å². The molecule has 3 rings (SSSR count). The molecule has 5 nitrogen and oxygen atoms in total. The van der Waals surface area contributed by atoms with Gasteiger partial charge in [-0.3, -0.25) is 4.98 Å². The van der Waals surface area contributed by atoms with Gasteiger partial charge in [0.15, 0.2) is 0 Å². The van der Waals surface area contributed by atoms with Gasteiger partial charge in [0, 0.05) is 12.4 Å². The Balaban J connectivity index is 2.28. The van der Waals surface area contributed by atoms with Gasteiger partial charge >= 0.3 is 0 Å². The Morgan fingerprint density at radius 3 is 2.79 bits per heavy atom. The Morgan fingerprint density at radius 1 is 1.21 bits per heavy atom. The lowest BCUT2D eigenvalue weighted by molar-refractivity contribution is 0.588. The average Bonchev–Trinajstić information content (AvgIpc) is 2.83. The lowest BCUT2D eigenvalue weighted by Gasteiger charge is -2.06. The summed E-state index contributed by atoms with van der Waals surface area (Å²) in [7, 11) is -3.65. The van der Waals surface area contributed by atoms with Gasteiger partial charge in [-0.2, -0.15) is 0 Å². The van der Waals surface area contributed by atoms with E-state index in [0.29, 0.717) is 11.0 Å². The first-order chi connectivity index (χ1) is 9.09. The monoisotopic (exact) mass is 273 g/mol. The van der Waals surface area contributed by atoms with Crippen molar-refractivity contribution < 1.29 is 8.42 Å². The van der Waals surface area contributed by atoms with Crippen LogP contribution in [0.15, 0.2) is 53.9 Å². The molecule has 0 aliphatic carbocycles. The minimum Gasteiger partial charge on any atom is -0.263 e. The van der Waals surface area contributed by atoms with E-state index in [1.54, 1.807) is 18.2 Å². The number of rotatable bonds is 2. The van der Waals surface area contributed by atoms with Gasteiger partial charge in [0.05, 0.1) is 11.0 Å². The standard InChI is InChI=1S/C13H11N3O2S/c1-10-4-5-12-13(7-10)16(9-15-12)19(17,18)11-3-2-6-14-8-11/h2-9H,1H3. The van der Waals surface area contributed by atoms with Crippen molar-refractivity contribution in [1.29, 1.82) is 0 Å². The largest absolute Gasteiger partial charge is 0.271 e. The first-order valence-electron chi connectivity index (χ1n) is 5.68. The van der Waals surface area contributed by atoms with Crippen molar-refractivity contribution in [3.05, 3.63) is 54.6 Å². The lowest BCUT2D eigenvalue weighted by Crippen LogP contribution is -2.12. The van der Waals surface area contributed by atoms with E-state index >= 15 is 0 Å². The number of pyridine rings is 1. The number of nitrogens with zero attached hydrogens (tertiary/aromatic N) is 3. The maximum Gasteiger partial charge on any atom is 0.271 e. The normalized spacial score (nSPS) is 11.8. The fourth-order valence-electron chi connectivity index (χ4n) is 1.90. The molecule has 19 heavy (non-hydrogen) atoms. The molecule has 6 heteroatoms. The summed E-state index contributed by atoms with van der Waals surface area (Å²) < 4.78 is 26.2. The Kier molecular flexibility index (Phi) is 2.60. The fourth-order valence-corrected chi connectivity index (χ4v) is 3.15. The minimum atomic E-state index is -3.65. The van der Waals surface area contributed by atoms with Crippen molar-refractivity contribution in [2.24, 2.45) is 0 Å². The molecule has 2 heterocycles. The maximum absolute atomic E-state index is 12.5. The van der Waals surface area contributed by atoms with Crippen molar-refractivity contribution in [1.82, 2.24) is 13.9 Å². The van der Waals surface area contributed by atoms with Gasteiger partial charge in [-0.05, 0) is 36.8 Å². The SMILES string of the molecule is Cc1ccc2ncn(S(=O)(=O)c3cccnc3)c2c1. The van der Waals surface area contributed by atoms with Crippen LogP contribution in [0.4, 0.5) is 0 Å². The van der Waals surface area contributed by atoms with Crippen molar-refractivity contribution in [2.75, 3.05) is 0 Å². The molecular weight excluding hydrogens is 262 g/mol. The van der Waals surface area contributed by atoms with Gasteiger partial charge < -0.3 is 0 Å². The van der Waals surface area contributed by atoms with E-state index < -0.39 is 10.0 Å². The van der Waals surface area contributed by atoms with Gasteiger partial charge in [0.25, 0.3) is 10.0 Å². The highest BCUT2D eigenvalue weighted by Crippen LogP contribution is 2.20. The predicted octanol–water partition coefficient (Wildman–Crippen LogP) is 1.98. The molecule has 3 aromatic rings. The summed E-state index contributed by atoms with van der Waals surface area (Å²) in [6.07, 6.45) is 4.19. The maximum atomic E-state index is 12.5. The lowest BCUT2D eigenvalue weighted by atomic mass is 10.2. The second-order valence-corrected chi connectivity index (χ2v) is 6.04. The zero-order valence-corrected chi connectivity index (χ0v) is 11.0. The Hall–Kier alpha value is -2.21. The molecular formula is C13H11N3O2S. The Morgan fingerprint density at radius 2 is 2.05 bits per heavy atom. The molecule has 0 atom stereocenters. The molecule has 0 radical (unpaired) electrons. The zero-order valence-electron chi connectivity index (χ0n) is 10.2. The highest BCUT2D eigenvalue weighted by molar-refractivity contribution is 7.90. The zero-order chi connectivity index (χ0) is 13.5. The highest BCUT2D eigenvalue weighted by atomic mass is 32.2. The third kappa shape index (κ3) is 1.90. The van der Waals surface area contributed by atoms with E-state index in [1.807, 2.05) is 13.0 Å². The second kappa shape index (κ2) is 4.17. The molecule has 0 spiro atoms. The van der Waals surface area contributed by atoms with Crippen molar-refractivity contribution >= 4 is 21.1 Å². The van der Waals surface area contributed by atoms with E-state index in [2.05, 4.69) is 9.97 Å². The first-order valence-corrected chi connectivity index (χ1v) is 7.12. The molecule has 0 N–H and O–H groups in total. The number of aromatic nitrogens is 3. The average molecular weight is 273 g/mol. The molecule has 0 unspecified atom stereocenters. The van der Waals surface area contributed by atoms with Gasteiger partial charge in [0.1, 0.15) is 11.2 Å². The van der Waals surface area contributed by atoms with Gasteiger partial charge in [-0.25, -0.2) is 17.4 Å². The van der Waals surface area contributed by atoms with Gasteiger partial charge in [-0.1, -0.05) is 6.07 Å². The van der Waals surface area contributed by atoms with Crippen molar-refractivity contribution in [3.8, 4) is 0 Å². The van der Waals surface area contributed by atoms with Crippen LogP contribution in [0.25, 0.3) is 11.0 Å². The van der Waals surface area contributed by atoms with E-state index in [1.165, 1.54) is 28.8 Å². The smallest absolute Gasteiger partial charge is 0.263 e. The molecule has 0 aliphatic rings. The molecule has 0 amide bonds. The van der Waals surface area contributed by atoms with Gasteiger partial charge in [-0.15, -0.1) is 0 Å². The van der Waals surface area contributed by atoms with E-state index in [4.69, 9.17) is 0 Å². The molecule has 96 valence electrons. The van der Waals surface area contributed by atoms with E-state index in [0.717, 1.165) is 5.56 Å². The summed E-state index contributed by atoms with van der Waals surface area (Å²) in [5.41, 5.74) is 2.21. The van der Waals surface area contributed by atoms with E-state index in [9.17, 15) is 8.42 Å². The summed E-state index contributed by atoms with van der Waals surface area (Å²) in [6.45, 7) is 1.91. The number of aryl methyl sites for hydroxylation is 1.